The van der Waals surface area contributed by atoms with E-state index < -0.39 is 0 Å². The molecule has 0 aliphatic heterocycles. The Kier molecular flexibility index (Phi) is 4.74. The third-order valence-electron chi connectivity index (χ3n) is 2.77. The van der Waals surface area contributed by atoms with Crippen LogP contribution in [0.15, 0.2) is 47.1 Å². The molecule has 0 saturated heterocycles. The Bertz CT molecular complexity index is 614. The number of nitrogens with zero attached hydrogens (tertiary/aromatic N) is 2. The number of halogens is 1. The van der Waals surface area contributed by atoms with Gasteiger partial charge in [-0.05, 0) is 29.8 Å². The predicted octanol–water partition coefficient (Wildman–Crippen LogP) is 3.16. The first kappa shape index (κ1) is 14.5. The fraction of sp³-hybridized carbons (Fsp3) is 0.200. The highest BCUT2D eigenvalue weighted by Crippen LogP contribution is 2.14. The summed E-state index contributed by atoms with van der Waals surface area (Å²) in [5.74, 6) is -0.101. The summed E-state index contributed by atoms with van der Waals surface area (Å²) in [7, 11) is 3.43. The first-order chi connectivity index (χ1) is 9.56. The van der Waals surface area contributed by atoms with E-state index in [0.717, 1.165) is 15.7 Å². The van der Waals surface area contributed by atoms with Crippen molar-refractivity contribution in [2.24, 2.45) is 0 Å². The highest BCUT2D eigenvalue weighted by atomic mass is 79.9. The lowest BCUT2D eigenvalue weighted by Gasteiger charge is -2.11. The molecule has 0 aliphatic rings. The molecule has 2 aromatic rings. The summed E-state index contributed by atoms with van der Waals surface area (Å²) in [5, 5.41) is 3.29. The minimum Gasteiger partial charge on any atom is -0.381 e. The second kappa shape index (κ2) is 6.52. The lowest BCUT2D eigenvalue weighted by atomic mass is 10.2. The Hall–Kier alpha value is -1.88. The van der Waals surface area contributed by atoms with E-state index in [-0.39, 0.29) is 5.91 Å². The van der Waals surface area contributed by atoms with Crippen molar-refractivity contribution in [3.05, 3.63) is 58.3 Å². The average molecular weight is 334 g/mol. The molecule has 4 nitrogen and oxygen atoms in total. The molecule has 1 N–H and O–H groups in total. The van der Waals surface area contributed by atoms with Crippen LogP contribution in [0, 0.1) is 0 Å². The minimum absolute atomic E-state index is 0.101. The van der Waals surface area contributed by atoms with E-state index in [1.165, 1.54) is 4.90 Å². The van der Waals surface area contributed by atoms with Crippen molar-refractivity contribution < 1.29 is 4.79 Å². The van der Waals surface area contributed by atoms with Crippen molar-refractivity contribution >= 4 is 27.5 Å². The molecule has 104 valence electrons. The van der Waals surface area contributed by atoms with Gasteiger partial charge in [0.05, 0.1) is 0 Å². The number of carbonyl (C=O) groups excluding carboxylic acids is 1. The number of pyridine rings is 1. The van der Waals surface area contributed by atoms with Gasteiger partial charge in [-0.3, -0.25) is 9.78 Å². The molecule has 0 aliphatic carbocycles. The summed E-state index contributed by atoms with van der Waals surface area (Å²) < 4.78 is 1.05. The highest BCUT2D eigenvalue weighted by Gasteiger charge is 2.09. The number of carbonyl (C=O) groups is 1. The van der Waals surface area contributed by atoms with Crippen molar-refractivity contribution in [2.45, 2.75) is 6.54 Å². The van der Waals surface area contributed by atoms with Gasteiger partial charge in [0.1, 0.15) is 5.69 Å². The van der Waals surface area contributed by atoms with Gasteiger partial charge < -0.3 is 10.2 Å². The van der Waals surface area contributed by atoms with Crippen molar-refractivity contribution in [2.75, 3.05) is 19.4 Å². The van der Waals surface area contributed by atoms with Gasteiger partial charge >= 0.3 is 0 Å². The number of rotatable bonds is 4. The zero-order valence-corrected chi connectivity index (χ0v) is 13.0. The van der Waals surface area contributed by atoms with Crippen LogP contribution in [0.4, 0.5) is 5.69 Å². The van der Waals surface area contributed by atoms with Gasteiger partial charge in [-0.25, -0.2) is 0 Å². The van der Waals surface area contributed by atoms with E-state index in [1.807, 2.05) is 24.3 Å². The first-order valence-corrected chi connectivity index (χ1v) is 7.01. The monoisotopic (exact) mass is 333 g/mol. The molecule has 1 heterocycles. The SMILES string of the molecule is CN(C)C(=O)c1cc(NCc2cccc(Br)c2)ccn1. The molecule has 0 saturated carbocycles. The van der Waals surface area contributed by atoms with Gasteiger partial charge in [0, 0.05) is 37.0 Å². The molecule has 2 rings (SSSR count). The molecule has 1 aromatic carbocycles. The van der Waals surface area contributed by atoms with E-state index >= 15 is 0 Å². The second-order valence-corrected chi connectivity index (χ2v) is 5.53. The molecule has 1 aromatic heterocycles. The number of nitrogens with one attached hydrogen (secondary N) is 1. The maximum Gasteiger partial charge on any atom is 0.272 e. The fourth-order valence-electron chi connectivity index (χ4n) is 1.74. The van der Waals surface area contributed by atoms with E-state index in [9.17, 15) is 4.79 Å². The molecule has 5 heteroatoms. The second-order valence-electron chi connectivity index (χ2n) is 4.61. The van der Waals surface area contributed by atoms with Crippen molar-refractivity contribution in [1.82, 2.24) is 9.88 Å². The summed E-state index contributed by atoms with van der Waals surface area (Å²) in [6.07, 6.45) is 1.64. The maximum atomic E-state index is 11.8. The lowest BCUT2D eigenvalue weighted by molar-refractivity contribution is 0.0822. The van der Waals surface area contributed by atoms with Crippen LogP contribution in [0.3, 0.4) is 0 Å². The highest BCUT2D eigenvalue weighted by molar-refractivity contribution is 9.10. The Morgan fingerprint density at radius 3 is 2.80 bits per heavy atom. The van der Waals surface area contributed by atoms with E-state index in [2.05, 4.69) is 32.3 Å². The summed E-state index contributed by atoms with van der Waals surface area (Å²) in [4.78, 5) is 17.5. The summed E-state index contributed by atoms with van der Waals surface area (Å²) in [5.41, 5.74) is 2.48. The van der Waals surface area contributed by atoms with Crippen molar-refractivity contribution in [1.29, 1.82) is 0 Å². The first-order valence-electron chi connectivity index (χ1n) is 6.22. The zero-order valence-electron chi connectivity index (χ0n) is 11.4. The Labute approximate surface area is 127 Å². The van der Waals surface area contributed by atoms with E-state index in [1.54, 1.807) is 26.4 Å². The number of anilines is 1. The smallest absolute Gasteiger partial charge is 0.272 e. The van der Waals surface area contributed by atoms with Crippen LogP contribution < -0.4 is 5.32 Å². The van der Waals surface area contributed by atoms with E-state index in [0.29, 0.717) is 12.2 Å². The topological polar surface area (TPSA) is 45.2 Å². The standard InChI is InChI=1S/C15H16BrN3O/c1-19(2)15(20)14-9-13(6-7-17-14)18-10-11-4-3-5-12(16)8-11/h3-9H,10H2,1-2H3,(H,17,18). The van der Waals surface area contributed by atoms with Crippen LogP contribution in [-0.4, -0.2) is 29.9 Å². The molecular formula is C15H16BrN3O. The third kappa shape index (κ3) is 3.81. The van der Waals surface area contributed by atoms with Crippen molar-refractivity contribution in [3.63, 3.8) is 0 Å². The molecule has 0 atom stereocenters. The Morgan fingerprint density at radius 2 is 2.10 bits per heavy atom. The Morgan fingerprint density at radius 1 is 1.30 bits per heavy atom. The average Bonchev–Trinajstić information content (AvgIpc) is 2.44. The zero-order chi connectivity index (χ0) is 14.5. The van der Waals surface area contributed by atoms with Crippen LogP contribution in [0.25, 0.3) is 0 Å². The molecule has 0 bridgehead atoms. The molecule has 20 heavy (non-hydrogen) atoms. The normalized spacial score (nSPS) is 10.2. The van der Waals surface area contributed by atoms with Crippen molar-refractivity contribution in [3.8, 4) is 0 Å². The van der Waals surface area contributed by atoms with E-state index in [4.69, 9.17) is 0 Å². The lowest BCUT2D eigenvalue weighted by Crippen LogP contribution is -2.22. The van der Waals surface area contributed by atoms with Crippen LogP contribution >= 0.6 is 15.9 Å². The number of amides is 1. The van der Waals surface area contributed by atoms with Gasteiger partial charge in [-0.2, -0.15) is 0 Å². The third-order valence-corrected chi connectivity index (χ3v) is 3.26. The van der Waals surface area contributed by atoms with Crippen LogP contribution in [0.1, 0.15) is 16.1 Å². The summed E-state index contributed by atoms with van der Waals surface area (Å²) in [6, 6.07) is 11.7. The van der Waals surface area contributed by atoms with Gasteiger partial charge in [0.15, 0.2) is 0 Å². The summed E-state index contributed by atoms with van der Waals surface area (Å²) in [6.45, 7) is 0.694. The molecule has 1 amide bonds. The van der Waals surface area contributed by atoms with Gasteiger partial charge in [-0.1, -0.05) is 28.1 Å². The molecular weight excluding hydrogens is 318 g/mol. The van der Waals surface area contributed by atoms with Gasteiger partial charge in [0.25, 0.3) is 5.91 Å². The minimum atomic E-state index is -0.101. The predicted molar refractivity (Wildman–Crippen MR) is 83.7 cm³/mol. The van der Waals surface area contributed by atoms with Gasteiger partial charge in [-0.15, -0.1) is 0 Å². The molecule has 0 spiro atoms. The number of aromatic nitrogens is 1. The number of benzene rings is 1. The van der Waals surface area contributed by atoms with Crippen LogP contribution in [-0.2, 0) is 6.54 Å². The molecule has 0 unspecified atom stereocenters. The van der Waals surface area contributed by atoms with Gasteiger partial charge in [0.2, 0.25) is 0 Å². The largest absolute Gasteiger partial charge is 0.381 e. The Balaban J connectivity index is 2.07. The molecule has 0 fully saturated rings. The fourth-order valence-corrected chi connectivity index (χ4v) is 2.18. The summed E-state index contributed by atoms with van der Waals surface area (Å²) >= 11 is 3.45. The molecule has 0 radical (unpaired) electrons. The number of hydrogen-bond acceptors (Lipinski definition) is 3. The number of hydrogen-bond donors (Lipinski definition) is 1. The van der Waals surface area contributed by atoms with Crippen LogP contribution in [0.5, 0.6) is 0 Å². The maximum absolute atomic E-state index is 11.8. The quantitative estimate of drug-likeness (QED) is 0.934. The van der Waals surface area contributed by atoms with Crippen LogP contribution in [0.2, 0.25) is 0 Å².